The lowest BCUT2D eigenvalue weighted by molar-refractivity contribution is 0.414. The molecular formula is C22H19NO3S. The van der Waals surface area contributed by atoms with Crippen LogP contribution in [0.3, 0.4) is 0 Å². The highest BCUT2D eigenvalue weighted by atomic mass is 32.2. The maximum absolute atomic E-state index is 12.8. The number of hydrogen-bond acceptors (Lipinski definition) is 3. The van der Waals surface area contributed by atoms with Crippen LogP contribution in [0.15, 0.2) is 89.8 Å². The number of nitrogens with one attached hydrogen (secondary N) is 1. The number of methoxy groups -OCH3 is 1. The molecule has 3 aromatic carbocycles. The van der Waals surface area contributed by atoms with Crippen molar-refractivity contribution in [3.63, 3.8) is 0 Å². The molecule has 136 valence electrons. The summed E-state index contributed by atoms with van der Waals surface area (Å²) in [4.78, 5) is 0.158. The van der Waals surface area contributed by atoms with E-state index >= 15 is 0 Å². The van der Waals surface area contributed by atoms with E-state index in [4.69, 9.17) is 4.74 Å². The Balaban J connectivity index is 1.92. The van der Waals surface area contributed by atoms with E-state index < -0.39 is 16.1 Å². The third-order valence-corrected chi connectivity index (χ3v) is 5.35. The van der Waals surface area contributed by atoms with E-state index in [0.29, 0.717) is 5.75 Å². The van der Waals surface area contributed by atoms with Gasteiger partial charge in [0.1, 0.15) is 11.8 Å². The Morgan fingerprint density at radius 2 is 1.44 bits per heavy atom. The third-order valence-electron chi connectivity index (χ3n) is 3.91. The van der Waals surface area contributed by atoms with Gasteiger partial charge in [0.2, 0.25) is 10.0 Å². The number of ether oxygens (including phenoxy) is 1. The smallest absolute Gasteiger partial charge is 0.241 e. The molecule has 0 aliphatic carbocycles. The molecular weight excluding hydrogens is 358 g/mol. The van der Waals surface area contributed by atoms with Crippen molar-refractivity contribution < 1.29 is 13.2 Å². The summed E-state index contributed by atoms with van der Waals surface area (Å²) in [5, 5.41) is 0. The zero-order valence-electron chi connectivity index (χ0n) is 14.8. The first kappa shape index (κ1) is 18.7. The van der Waals surface area contributed by atoms with Crippen LogP contribution in [0, 0.1) is 11.8 Å². The first-order valence-electron chi connectivity index (χ1n) is 8.36. The van der Waals surface area contributed by atoms with E-state index in [1.165, 1.54) is 19.2 Å². The second-order valence-electron chi connectivity index (χ2n) is 5.78. The maximum Gasteiger partial charge on any atom is 0.241 e. The van der Waals surface area contributed by atoms with Crippen molar-refractivity contribution >= 4 is 10.0 Å². The predicted molar refractivity (Wildman–Crippen MR) is 106 cm³/mol. The molecule has 1 N–H and O–H groups in total. The van der Waals surface area contributed by atoms with Gasteiger partial charge >= 0.3 is 0 Å². The van der Waals surface area contributed by atoms with Gasteiger partial charge in [-0.1, -0.05) is 60.4 Å². The van der Waals surface area contributed by atoms with E-state index in [1.807, 2.05) is 60.7 Å². The quantitative estimate of drug-likeness (QED) is 0.689. The van der Waals surface area contributed by atoms with E-state index in [2.05, 4.69) is 16.6 Å². The van der Waals surface area contributed by atoms with Gasteiger partial charge in [-0.05, 0) is 42.0 Å². The number of sulfonamides is 1. The molecule has 0 amide bonds. The summed E-state index contributed by atoms with van der Waals surface area (Å²) in [6.45, 7) is 0. The van der Waals surface area contributed by atoms with Crippen LogP contribution in [0.5, 0.6) is 5.75 Å². The second-order valence-corrected chi connectivity index (χ2v) is 7.49. The summed E-state index contributed by atoms with van der Waals surface area (Å²) >= 11 is 0. The minimum absolute atomic E-state index is 0.158. The maximum atomic E-state index is 12.8. The van der Waals surface area contributed by atoms with Crippen LogP contribution in [0.25, 0.3) is 0 Å². The van der Waals surface area contributed by atoms with Crippen molar-refractivity contribution in [1.29, 1.82) is 0 Å². The standard InChI is InChI=1S/C22H19NO3S/c1-26-20-13-15-21(16-14-20)27(24,25)23-22(19-10-6-3-7-11-19)17-12-18-8-4-2-5-9-18/h2-11,13-16,22-23H,1H3/t22-/m1/s1. The monoisotopic (exact) mass is 377 g/mol. The molecule has 0 fully saturated rings. The normalized spacial score (nSPS) is 11.9. The summed E-state index contributed by atoms with van der Waals surface area (Å²) in [5.41, 5.74) is 1.60. The molecule has 0 radical (unpaired) electrons. The van der Waals surface area contributed by atoms with Gasteiger partial charge in [0, 0.05) is 5.56 Å². The minimum Gasteiger partial charge on any atom is -0.497 e. The SMILES string of the molecule is COc1ccc(S(=O)(=O)N[C@H](C#Cc2ccccc2)c2ccccc2)cc1. The Hall–Kier alpha value is -3.07. The van der Waals surface area contributed by atoms with Crippen LogP contribution in [0.1, 0.15) is 17.2 Å². The van der Waals surface area contributed by atoms with Crippen molar-refractivity contribution in [2.45, 2.75) is 10.9 Å². The van der Waals surface area contributed by atoms with Gasteiger partial charge in [0.15, 0.2) is 0 Å². The highest BCUT2D eigenvalue weighted by Gasteiger charge is 2.20. The van der Waals surface area contributed by atoms with Gasteiger partial charge < -0.3 is 4.74 Å². The van der Waals surface area contributed by atoms with Crippen molar-refractivity contribution in [1.82, 2.24) is 4.72 Å². The summed E-state index contributed by atoms with van der Waals surface area (Å²) in [6, 6.07) is 24.3. The minimum atomic E-state index is -3.75. The molecule has 0 spiro atoms. The van der Waals surface area contributed by atoms with Gasteiger partial charge in [0.05, 0.1) is 12.0 Å². The fourth-order valence-electron chi connectivity index (χ4n) is 2.48. The predicted octanol–water partition coefficient (Wildman–Crippen LogP) is 3.77. The van der Waals surface area contributed by atoms with E-state index in [1.54, 1.807) is 12.1 Å². The summed E-state index contributed by atoms with van der Waals surface area (Å²) in [5.74, 6) is 6.67. The topological polar surface area (TPSA) is 55.4 Å². The highest BCUT2D eigenvalue weighted by molar-refractivity contribution is 7.89. The molecule has 1 atom stereocenters. The Morgan fingerprint density at radius 1 is 0.852 bits per heavy atom. The van der Waals surface area contributed by atoms with E-state index in [-0.39, 0.29) is 4.90 Å². The van der Waals surface area contributed by atoms with Crippen LogP contribution in [-0.2, 0) is 10.0 Å². The van der Waals surface area contributed by atoms with Gasteiger partial charge in [-0.25, -0.2) is 8.42 Å². The average molecular weight is 377 g/mol. The second kappa shape index (κ2) is 8.54. The molecule has 4 nitrogen and oxygen atoms in total. The first-order valence-corrected chi connectivity index (χ1v) is 9.85. The van der Waals surface area contributed by atoms with E-state index in [9.17, 15) is 8.42 Å². The fraction of sp³-hybridized carbons (Fsp3) is 0.0909. The van der Waals surface area contributed by atoms with Crippen LogP contribution in [-0.4, -0.2) is 15.5 Å². The van der Waals surface area contributed by atoms with Crippen molar-refractivity contribution in [2.24, 2.45) is 0 Å². The summed E-state index contributed by atoms with van der Waals surface area (Å²) in [6.07, 6.45) is 0. The lowest BCUT2D eigenvalue weighted by atomic mass is 10.1. The van der Waals surface area contributed by atoms with Crippen molar-refractivity contribution in [2.75, 3.05) is 7.11 Å². The molecule has 3 aromatic rings. The molecule has 3 rings (SSSR count). The average Bonchev–Trinajstić information content (AvgIpc) is 2.72. The van der Waals surface area contributed by atoms with E-state index in [0.717, 1.165) is 11.1 Å². The molecule has 5 heteroatoms. The molecule has 0 aromatic heterocycles. The largest absolute Gasteiger partial charge is 0.497 e. The van der Waals surface area contributed by atoms with Crippen LogP contribution in [0.4, 0.5) is 0 Å². The molecule has 0 unspecified atom stereocenters. The number of benzene rings is 3. The Kier molecular flexibility index (Phi) is 5.92. The summed E-state index contributed by atoms with van der Waals surface area (Å²) in [7, 11) is -2.21. The first-order chi connectivity index (χ1) is 13.1. The lowest BCUT2D eigenvalue weighted by Gasteiger charge is -2.14. The zero-order valence-corrected chi connectivity index (χ0v) is 15.6. The molecule has 27 heavy (non-hydrogen) atoms. The third kappa shape index (κ3) is 4.98. The zero-order chi connectivity index (χ0) is 19.1. The van der Waals surface area contributed by atoms with Gasteiger partial charge in [-0.15, -0.1) is 0 Å². The molecule has 0 aliphatic heterocycles. The summed E-state index contributed by atoms with van der Waals surface area (Å²) < 4.78 is 33.4. The molecule has 0 bridgehead atoms. The highest BCUT2D eigenvalue weighted by Crippen LogP contribution is 2.19. The Labute approximate surface area is 159 Å². The van der Waals surface area contributed by atoms with Gasteiger partial charge in [-0.3, -0.25) is 0 Å². The van der Waals surface area contributed by atoms with Gasteiger partial charge in [-0.2, -0.15) is 4.72 Å². The molecule has 0 saturated heterocycles. The molecule has 0 saturated carbocycles. The lowest BCUT2D eigenvalue weighted by Crippen LogP contribution is -2.27. The Morgan fingerprint density at radius 3 is 2.04 bits per heavy atom. The fourth-order valence-corrected chi connectivity index (χ4v) is 3.62. The van der Waals surface area contributed by atoms with Crippen LogP contribution in [0.2, 0.25) is 0 Å². The number of rotatable bonds is 5. The number of hydrogen-bond donors (Lipinski definition) is 1. The van der Waals surface area contributed by atoms with Crippen LogP contribution >= 0.6 is 0 Å². The molecule has 0 heterocycles. The van der Waals surface area contributed by atoms with Crippen LogP contribution < -0.4 is 9.46 Å². The van der Waals surface area contributed by atoms with Gasteiger partial charge in [0.25, 0.3) is 0 Å². The molecule has 0 aliphatic rings. The Bertz CT molecular complexity index is 1040. The van der Waals surface area contributed by atoms with Crippen molar-refractivity contribution in [3.05, 3.63) is 96.1 Å². The van der Waals surface area contributed by atoms with Crippen molar-refractivity contribution in [3.8, 4) is 17.6 Å².